The smallest absolute Gasteiger partial charge is 0.150 e. The van der Waals surface area contributed by atoms with E-state index in [0.29, 0.717) is 5.56 Å². The van der Waals surface area contributed by atoms with Crippen molar-refractivity contribution in [2.24, 2.45) is 0 Å². The molecule has 0 radical (unpaired) electrons. The van der Waals surface area contributed by atoms with Crippen LogP contribution in [0.15, 0.2) is 36.4 Å². The quantitative estimate of drug-likeness (QED) is 0.536. The molecule has 2 aromatic rings. The fourth-order valence-electron chi connectivity index (χ4n) is 2.62. The highest BCUT2D eigenvalue weighted by atomic mass is 32.2. The van der Waals surface area contributed by atoms with E-state index in [1.54, 1.807) is 0 Å². The van der Waals surface area contributed by atoms with Gasteiger partial charge in [-0.2, -0.15) is 11.8 Å². The maximum atomic E-state index is 11.0. The fraction of sp³-hybridized carbons (Fsp3) is 0.316. The maximum Gasteiger partial charge on any atom is 0.150 e. The van der Waals surface area contributed by atoms with Gasteiger partial charge in [0.1, 0.15) is 12.0 Å². The molecule has 0 saturated carbocycles. The van der Waals surface area contributed by atoms with E-state index in [1.807, 2.05) is 36.0 Å². The van der Waals surface area contributed by atoms with Crippen molar-refractivity contribution in [3.05, 3.63) is 53.1 Å². The Morgan fingerprint density at radius 3 is 2.50 bits per heavy atom. The van der Waals surface area contributed by atoms with Gasteiger partial charge in [0.25, 0.3) is 0 Å². The monoisotopic (exact) mass is 314 g/mol. The molecule has 116 valence electrons. The lowest BCUT2D eigenvalue weighted by atomic mass is 9.94. The zero-order valence-electron chi connectivity index (χ0n) is 13.4. The summed E-state index contributed by atoms with van der Waals surface area (Å²) in [4.78, 5) is 11.0. The topological polar surface area (TPSA) is 26.3 Å². The van der Waals surface area contributed by atoms with Crippen LogP contribution in [0, 0.1) is 13.8 Å². The van der Waals surface area contributed by atoms with Crippen LogP contribution in [0.5, 0.6) is 5.75 Å². The van der Waals surface area contributed by atoms with Gasteiger partial charge in [0.2, 0.25) is 0 Å². The molecule has 0 amide bonds. The summed E-state index contributed by atoms with van der Waals surface area (Å²) in [7, 11) is 0. The van der Waals surface area contributed by atoms with Crippen LogP contribution < -0.4 is 4.74 Å². The molecule has 3 heteroatoms. The Hall–Kier alpha value is -1.74. The number of rotatable bonds is 7. The van der Waals surface area contributed by atoms with Gasteiger partial charge in [0.05, 0.1) is 6.61 Å². The second kappa shape index (κ2) is 8.04. The van der Waals surface area contributed by atoms with Crippen LogP contribution in [-0.4, -0.2) is 24.9 Å². The van der Waals surface area contributed by atoms with Crippen molar-refractivity contribution in [2.45, 2.75) is 20.3 Å². The van der Waals surface area contributed by atoms with E-state index in [1.165, 1.54) is 16.7 Å². The minimum absolute atomic E-state index is 0.702. The molecule has 0 heterocycles. The second-order valence-corrected chi connectivity index (χ2v) is 6.36. The van der Waals surface area contributed by atoms with Crippen molar-refractivity contribution in [1.29, 1.82) is 0 Å². The maximum absolute atomic E-state index is 11.0. The van der Waals surface area contributed by atoms with Gasteiger partial charge in [-0.3, -0.25) is 4.79 Å². The first-order chi connectivity index (χ1) is 10.7. The molecule has 0 spiro atoms. The van der Waals surface area contributed by atoms with Gasteiger partial charge in [-0.15, -0.1) is 0 Å². The van der Waals surface area contributed by atoms with Crippen molar-refractivity contribution in [1.82, 2.24) is 0 Å². The Labute approximate surface area is 136 Å². The number of carbonyl (C=O) groups excluding carboxylic acids is 1. The van der Waals surface area contributed by atoms with E-state index in [4.69, 9.17) is 4.74 Å². The van der Waals surface area contributed by atoms with Crippen molar-refractivity contribution in [2.75, 3.05) is 18.6 Å². The Kier molecular flexibility index (Phi) is 6.08. The molecule has 2 aromatic carbocycles. The van der Waals surface area contributed by atoms with Gasteiger partial charge in [0, 0.05) is 5.56 Å². The Balaban J connectivity index is 2.24. The van der Waals surface area contributed by atoms with Crippen LogP contribution in [0.2, 0.25) is 0 Å². The number of hydrogen-bond donors (Lipinski definition) is 0. The number of ether oxygens (including phenoxy) is 1. The largest absolute Gasteiger partial charge is 0.494 e. The second-order valence-electron chi connectivity index (χ2n) is 5.37. The molecule has 0 aromatic heterocycles. The average molecular weight is 314 g/mol. The van der Waals surface area contributed by atoms with E-state index in [2.05, 4.69) is 32.2 Å². The summed E-state index contributed by atoms with van der Waals surface area (Å²) in [6.07, 6.45) is 4.05. The highest BCUT2D eigenvalue weighted by Gasteiger charge is 2.09. The molecule has 0 N–H and O–H groups in total. The molecular formula is C19H22O2S. The van der Waals surface area contributed by atoms with Gasteiger partial charge >= 0.3 is 0 Å². The summed E-state index contributed by atoms with van der Waals surface area (Å²) in [5.41, 5.74) is 5.30. The molecule has 0 aliphatic rings. The van der Waals surface area contributed by atoms with Gasteiger partial charge < -0.3 is 4.74 Å². The van der Waals surface area contributed by atoms with Gasteiger partial charge in [-0.25, -0.2) is 0 Å². The van der Waals surface area contributed by atoms with Crippen molar-refractivity contribution >= 4 is 18.0 Å². The zero-order chi connectivity index (χ0) is 15.9. The molecule has 2 nitrogen and oxygen atoms in total. The standard InChI is InChI=1S/C19H22O2S/c1-14-10-18(21-8-5-9-22-3)11-15(2)19(14)17-7-4-6-16(12-17)13-20/h4,6-7,10-13H,5,8-9H2,1-3H3. The van der Waals surface area contributed by atoms with Crippen molar-refractivity contribution in [3.63, 3.8) is 0 Å². The Morgan fingerprint density at radius 1 is 1.14 bits per heavy atom. The van der Waals surface area contributed by atoms with Gasteiger partial charge in [-0.05, 0) is 72.7 Å². The predicted molar refractivity (Wildman–Crippen MR) is 95.2 cm³/mol. The van der Waals surface area contributed by atoms with E-state index in [9.17, 15) is 4.79 Å². The first-order valence-electron chi connectivity index (χ1n) is 7.44. The van der Waals surface area contributed by atoms with E-state index in [0.717, 1.165) is 36.4 Å². The summed E-state index contributed by atoms with van der Waals surface area (Å²) in [6, 6.07) is 11.9. The van der Waals surface area contributed by atoms with E-state index < -0.39 is 0 Å². The number of aldehydes is 1. The number of benzene rings is 2. The number of carbonyl (C=O) groups is 1. The molecule has 0 unspecified atom stereocenters. The molecule has 0 bridgehead atoms. The molecule has 0 aliphatic heterocycles. The molecular weight excluding hydrogens is 292 g/mol. The third kappa shape index (κ3) is 4.14. The van der Waals surface area contributed by atoms with Crippen LogP contribution in [0.25, 0.3) is 11.1 Å². The first kappa shape index (κ1) is 16.6. The average Bonchev–Trinajstić information content (AvgIpc) is 2.51. The first-order valence-corrected chi connectivity index (χ1v) is 8.83. The third-order valence-electron chi connectivity index (χ3n) is 3.58. The molecule has 0 fully saturated rings. The lowest BCUT2D eigenvalue weighted by Crippen LogP contribution is -2.00. The van der Waals surface area contributed by atoms with Crippen LogP contribution >= 0.6 is 11.8 Å². The number of hydrogen-bond acceptors (Lipinski definition) is 3. The lowest BCUT2D eigenvalue weighted by molar-refractivity contribution is 0.112. The number of thioether (sulfide) groups is 1. The minimum atomic E-state index is 0.702. The predicted octanol–water partition coefficient (Wildman–Crippen LogP) is 4.91. The van der Waals surface area contributed by atoms with E-state index in [-0.39, 0.29) is 0 Å². The number of aryl methyl sites for hydroxylation is 2. The molecule has 0 atom stereocenters. The summed E-state index contributed by atoms with van der Waals surface area (Å²) >= 11 is 1.84. The van der Waals surface area contributed by atoms with Crippen LogP contribution in [-0.2, 0) is 0 Å². The Bertz CT molecular complexity index is 627. The summed E-state index contributed by atoms with van der Waals surface area (Å²) in [6.45, 7) is 4.93. The Morgan fingerprint density at radius 2 is 1.86 bits per heavy atom. The molecule has 0 saturated heterocycles. The third-order valence-corrected chi connectivity index (χ3v) is 4.28. The fourth-order valence-corrected chi connectivity index (χ4v) is 3.03. The summed E-state index contributed by atoms with van der Waals surface area (Å²) in [5, 5.41) is 0. The van der Waals surface area contributed by atoms with Crippen LogP contribution in [0.4, 0.5) is 0 Å². The summed E-state index contributed by atoms with van der Waals surface area (Å²) in [5.74, 6) is 2.04. The van der Waals surface area contributed by atoms with Crippen LogP contribution in [0.1, 0.15) is 27.9 Å². The van der Waals surface area contributed by atoms with Crippen molar-refractivity contribution < 1.29 is 9.53 Å². The highest BCUT2D eigenvalue weighted by Crippen LogP contribution is 2.31. The lowest BCUT2D eigenvalue weighted by Gasteiger charge is -2.14. The van der Waals surface area contributed by atoms with Gasteiger partial charge in [0.15, 0.2) is 0 Å². The molecule has 2 rings (SSSR count). The molecule has 0 aliphatic carbocycles. The summed E-state index contributed by atoms with van der Waals surface area (Å²) < 4.78 is 5.84. The SMILES string of the molecule is CSCCCOc1cc(C)c(-c2cccc(C=O)c2)c(C)c1. The minimum Gasteiger partial charge on any atom is -0.494 e. The molecule has 22 heavy (non-hydrogen) atoms. The van der Waals surface area contributed by atoms with Crippen molar-refractivity contribution in [3.8, 4) is 16.9 Å². The highest BCUT2D eigenvalue weighted by molar-refractivity contribution is 7.98. The van der Waals surface area contributed by atoms with Gasteiger partial charge in [-0.1, -0.05) is 18.2 Å². The van der Waals surface area contributed by atoms with E-state index >= 15 is 0 Å². The van der Waals surface area contributed by atoms with Crippen LogP contribution in [0.3, 0.4) is 0 Å². The zero-order valence-corrected chi connectivity index (χ0v) is 14.2. The normalized spacial score (nSPS) is 10.5.